The molecule has 1 aliphatic rings. The Morgan fingerprint density at radius 1 is 1.34 bits per heavy atom. The summed E-state index contributed by atoms with van der Waals surface area (Å²) in [6, 6.07) is 8.85. The lowest BCUT2D eigenvalue weighted by Gasteiger charge is -2.31. The van der Waals surface area contributed by atoms with Crippen LogP contribution in [0.2, 0.25) is 0 Å². The van der Waals surface area contributed by atoms with Crippen LogP contribution in [0.4, 0.5) is 11.5 Å². The number of aromatic nitrogens is 4. The number of methoxy groups -OCH3 is 1. The molecule has 2 aromatic heterocycles. The normalized spacial score (nSPS) is 16.8. The zero-order chi connectivity index (χ0) is 20.4. The predicted molar refractivity (Wildman–Crippen MR) is 109 cm³/mol. The van der Waals surface area contributed by atoms with Crippen LogP contribution in [0.15, 0.2) is 41.3 Å². The first kappa shape index (κ1) is 19.0. The van der Waals surface area contributed by atoms with Gasteiger partial charge in [-0.05, 0) is 37.0 Å². The van der Waals surface area contributed by atoms with E-state index in [0.717, 1.165) is 30.0 Å². The number of nitrogens with one attached hydrogen (secondary N) is 1. The Labute approximate surface area is 167 Å². The van der Waals surface area contributed by atoms with E-state index >= 15 is 0 Å². The second kappa shape index (κ2) is 7.94. The molecule has 1 fully saturated rings. The third-order valence-corrected chi connectivity index (χ3v) is 5.07. The summed E-state index contributed by atoms with van der Waals surface area (Å²) in [7, 11) is 1.56. The van der Waals surface area contributed by atoms with Crippen LogP contribution >= 0.6 is 0 Å². The van der Waals surface area contributed by atoms with Gasteiger partial charge in [-0.25, -0.2) is 13.9 Å². The van der Waals surface area contributed by atoms with Gasteiger partial charge in [0.15, 0.2) is 0 Å². The first-order valence-electron chi connectivity index (χ1n) is 9.68. The number of anilines is 2. The molecule has 1 amide bonds. The van der Waals surface area contributed by atoms with Gasteiger partial charge in [0.25, 0.3) is 5.78 Å². The van der Waals surface area contributed by atoms with Crippen molar-refractivity contribution in [3.05, 3.63) is 47.0 Å². The molecule has 0 saturated carbocycles. The summed E-state index contributed by atoms with van der Waals surface area (Å²) < 4.78 is 7.63. The molecule has 29 heavy (non-hydrogen) atoms. The number of rotatable bonds is 5. The summed E-state index contributed by atoms with van der Waals surface area (Å²) in [5.74, 6) is 1.99. The quantitative estimate of drug-likeness (QED) is 0.707. The molecule has 0 spiro atoms. The van der Waals surface area contributed by atoms with Gasteiger partial charge in [0.1, 0.15) is 18.1 Å². The van der Waals surface area contributed by atoms with Crippen molar-refractivity contribution in [2.75, 3.05) is 30.4 Å². The van der Waals surface area contributed by atoms with Crippen LogP contribution in [0, 0.1) is 5.92 Å². The van der Waals surface area contributed by atoms with Gasteiger partial charge < -0.3 is 15.0 Å². The SMILES string of the molecule is COc1cccc(NC(=O)Cn2nc3nc(N4CCCC(C)C4)ccn3c2=O)c1. The standard InChI is InChI=1S/C20H24N6O3/c1-14-5-4-9-24(12-14)17-8-10-25-19(22-17)23-26(20(25)28)13-18(27)21-15-6-3-7-16(11-15)29-2/h3,6-8,10-11,14H,4-5,9,12-13H2,1-2H3,(H,21,27). The van der Waals surface area contributed by atoms with Crippen molar-refractivity contribution in [3.8, 4) is 5.75 Å². The Morgan fingerprint density at radius 2 is 2.21 bits per heavy atom. The van der Waals surface area contributed by atoms with Gasteiger partial charge in [-0.3, -0.25) is 4.79 Å². The topological polar surface area (TPSA) is 93.8 Å². The summed E-state index contributed by atoms with van der Waals surface area (Å²) in [4.78, 5) is 31.7. The summed E-state index contributed by atoms with van der Waals surface area (Å²) in [6.07, 6.45) is 4.01. The van der Waals surface area contributed by atoms with Crippen LogP contribution < -0.4 is 20.6 Å². The molecule has 1 atom stereocenters. The molecule has 152 valence electrons. The summed E-state index contributed by atoms with van der Waals surface area (Å²) in [6.45, 7) is 3.92. The second-order valence-corrected chi connectivity index (χ2v) is 7.37. The molecule has 1 N–H and O–H groups in total. The van der Waals surface area contributed by atoms with Gasteiger partial charge in [-0.1, -0.05) is 13.0 Å². The van der Waals surface area contributed by atoms with Crippen LogP contribution in [0.3, 0.4) is 0 Å². The monoisotopic (exact) mass is 396 g/mol. The molecule has 3 heterocycles. The van der Waals surface area contributed by atoms with Crippen LogP contribution in [0.25, 0.3) is 5.78 Å². The molecule has 0 radical (unpaired) electrons. The van der Waals surface area contributed by atoms with Gasteiger partial charge in [-0.15, -0.1) is 5.10 Å². The molecule has 9 nitrogen and oxygen atoms in total. The van der Waals surface area contributed by atoms with E-state index in [0.29, 0.717) is 23.1 Å². The third kappa shape index (κ3) is 4.08. The van der Waals surface area contributed by atoms with E-state index in [1.54, 1.807) is 37.6 Å². The van der Waals surface area contributed by atoms with E-state index in [-0.39, 0.29) is 12.5 Å². The fourth-order valence-electron chi connectivity index (χ4n) is 3.61. The van der Waals surface area contributed by atoms with Gasteiger partial charge in [0.05, 0.1) is 7.11 Å². The number of hydrogen-bond acceptors (Lipinski definition) is 6. The van der Waals surface area contributed by atoms with E-state index < -0.39 is 5.69 Å². The highest BCUT2D eigenvalue weighted by Crippen LogP contribution is 2.21. The van der Waals surface area contributed by atoms with Crippen molar-refractivity contribution in [2.45, 2.75) is 26.3 Å². The second-order valence-electron chi connectivity index (χ2n) is 7.37. The molecular weight excluding hydrogens is 372 g/mol. The third-order valence-electron chi connectivity index (χ3n) is 5.07. The number of ether oxygens (including phenoxy) is 1. The van der Waals surface area contributed by atoms with Gasteiger partial charge in [0.2, 0.25) is 5.91 Å². The Kier molecular flexibility index (Phi) is 5.20. The first-order chi connectivity index (χ1) is 14.0. The smallest absolute Gasteiger partial charge is 0.352 e. The minimum Gasteiger partial charge on any atom is -0.497 e. The molecule has 0 bridgehead atoms. The predicted octanol–water partition coefficient (Wildman–Crippen LogP) is 1.77. The number of amides is 1. The minimum atomic E-state index is -0.396. The van der Waals surface area contributed by atoms with E-state index in [2.05, 4.69) is 27.2 Å². The molecule has 9 heteroatoms. The maximum Gasteiger partial charge on any atom is 0.352 e. The summed E-state index contributed by atoms with van der Waals surface area (Å²) >= 11 is 0. The number of piperidine rings is 1. The first-order valence-corrected chi connectivity index (χ1v) is 9.68. The lowest BCUT2D eigenvalue weighted by molar-refractivity contribution is -0.117. The van der Waals surface area contributed by atoms with Crippen LogP contribution in [0.5, 0.6) is 5.75 Å². The molecule has 3 aromatic rings. The zero-order valence-electron chi connectivity index (χ0n) is 16.5. The maximum atomic E-state index is 12.6. The molecule has 1 aromatic carbocycles. The minimum absolute atomic E-state index is 0.199. The summed E-state index contributed by atoms with van der Waals surface area (Å²) in [5, 5.41) is 6.99. The van der Waals surface area contributed by atoms with Crippen molar-refractivity contribution in [1.29, 1.82) is 0 Å². The van der Waals surface area contributed by atoms with Gasteiger partial charge in [0, 0.05) is 31.0 Å². The number of hydrogen-bond donors (Lipinski definition) is 1. The van der Waals surface area contributed by atoms with Crippen molar-refractivity contribution in [3.63, 3.8) is 0 Å². The Bertz CT molecular complexity index is 1090. The van der Waals surface area contributed by atoms with Crippen LogP contribution in [0.1, 0.15) is 19.8 Å². The lowest BCUT2D eigenvalue weighted by Crippen LogP contribution is -2.34. The number of carbonyl (C=O) groups is 1. The molecule has 1 unspecified atom stereocenters. The van der Waals surface area contributed by atoms with Gasteiger partial charge in [-0.2, -0.15) is 4.98 Å². The number of fused-ring (bicyclic) bond motifs is 1. The van der Waals surface area contributed by atoms with Crippen LogP contribution in [-0.4, -0.2) is 45.3 Å². The average molecular weight is 396 g/mol. The molecule has 1 aliphatic heterocycles. The Hall–Kier alpha value is -3.36. The van der Waals surface area contributed by atoms with Crippen molar-refractivity contribution < 1.29 is 9.53 Å². The molecule has 1 saturated heterocycles. The number of benzene rings is 1. The van der Waals surface area contributed by atoms with Crippen LogP contribution in [-0.2, 0) is 11.3 Å². The largest absolute Gasteiger partial charge is 0.497 e. The molecule has 4 rings (SSSR count). The zero-order valence-corrected chi connectivity index (χ0v) is 16.5. The molecule has 0 aliphatic carbocycles. The van der Waals surface area contributed by atoms with Gasteiger partial charge >= 0.3 is 5.69 Å². The fraction of sp³-hybridized carbons (Fsp3) is 0.400. The maximum absolute atomic E-state index is 12.6. The fourth-order valence-corrected chi connectivity index (χ4v) is 3.61. The van der Waals surface area contributed by atoms with E-state index in [1.807, 2.05) is 6.07 Å². The highest BCUT2D eigenvalue weighted by Gasteiger charge is 2.19. The highest BCUT2D eigenvalue weighted by molar-refractivity contribution is 5.90. The van der Waals surface area contributed by atoms with Crippen molar-refractivity contribution >= 4 is 23.2 Å². The van der Waals surface area contributed by atoms with Crippen molar-refractivity contribution in [2.24, 2.45) is 5.92 Å². The Balaban J connectivity index is 1.52. The molecular formula is C20H24N6O3. The van der Waals surface area contributed by atoms with Crippen molar-refractivity contribution in [1.82, 2.24) is 19.2 Å². The summed E-state index contributed by atoms with van der Waals surface area (Å²) in [5.41, 5.74) is 0.192. The van der Waals surface area contributed by atoms with E-state index in [1.165, 1.54) is 10.8 Å². The lowest BCUT2D eigenvalue weighted by atomic mass is 10.0. The van der Waals surface area contributed by atoms with E-state index in [4.69, 9.17) is 4.74 Å². The highest BCUT2D eigenvalue weighted by atomic mass is 16.5. The average Bonchev–Trinajstić information content (AvgIpc) is 3.02. The van der Waals surface area contributed by atoms with E-state index in [9.17, 15) is 9.59 Å². The Morgan fingerprint density at radius 3 is 3.00 bits per heavy atom. The number of carbonyl (C=O) groups excluding carboxylic acids is 1. The number of nitrogens with zero attached hydrogens (tertiary/aromatic N) is 5.